The molecule has 4 atom stereocenters. The van der Waals surface area contributed by atoms with Crippen molar-refractivity contribution in [3.05, 3.63) is 65.2 Å². The van der Waals surface area contributed by atoms with Gasteiger partial charge in [-0.2, -0.15) is 13.2 Å². The molecule has 34 heavy (non-hydrogen) atoms. The summed E-state index contributed by atoms with van der Waals surface area (Å²) >= 11 is 0. The van der Waals surface area contributed by atoms with Gasteiger partial charge in [0.2, 0.25) is 0 Å². The third-order valence-electron chi connectivity index (χ3n) is 7.02. The number of piperazine rings is 1. The van der Waals surface area contributed by atoms with Crippen LogP contribution >= 0.6 is 0 Å². The molecule has 3 aliphatic heterocycles. The molecule has 0 bridgehead atoms. The maximum Gasteiger partial charge on any atom is 0.416 e. The molecule has 0 aliphatic carbocycles. The zero-order valence-corrected chi connectivity index (χ0v) is 18.8. The smallest absolute Gasteiger partial charge is 0.378 e. The van der Waals surface area contributed by atoms with E-state index in [0.717, 1.165) is 37.6 Å². The number of hydrogen-bond acceptors (Lipinski definition) is 4. The normalized spacial score (nSPS) is 26.7. The Balaban J connectivity index is 1.37. The molecule has 3 aliphatic rings. The molecule has 3 N–H and O–H groups in total. The number of fused-ring (bicyclic) bond motifs is 3. The second-order valence-corrected chi connectivity index (χ2v) is 9.18. The van der Waals surface area contributed by atoms with Crippen LogP contribution in [0.4, 0.5) is 23.7 Å². The summed E-state index contributed by atoms with van der Waals surface area (Å²) in [4.78, 5) is 14.3. The monoisotopic (exact) mass is 474 g/mol. The third kappa shape index (κ3) is 4.72. The van der Waals surface area contributed by atoms with Gasteiger partial charge in [0.1, 0.15) is 0 Å². The molecule has 2 saturated heterocycles. The number of urea groups is 1. The van der Waals surface area contributed by atoms with Crippen LogP contribution in [-0.2, 0) is 10.9 Å². The van der Waals surface area contributed by atoms with Crippen LogP contribution in [0.3, 0.4) is 0 Å². The number of benzene rings is 2. The summed E-state index contributed by atoms with van der Waals surface area (Å²) in [6.45, 7) is 3.18. The molecule has 5 rings (SSSR count). The molecule has 0 spiro atoms. The minimum absolute atomic E-state index is 0.0153. The molecule has 2 aromatic rings. The van der Waals surface area contributed by atoms with Crippen LogP contribution in [0.2, 0.25) is 0 Å². The molecule has 3 heterocycles. The third-order valence-corrected chi connectivity index (χ3v) is 7.02. The summed E-state index contributed by atoms with van der Waals surface area (Å²) in [6, 6.07) is 13.6. The fourth-order valence-corrected chi connectivity index (χ4v) is 5.25. The van der Waals surface area contributed by atoms with Gasteiger partial charge in [0.05, 0.1) is 23.8 Å². The Labute approximate surface area is 196 Å². The van der Waals surface area contributed by atoms with Crippen molar-refractivity contribution < 1.29 is 22.7 Å². The topological polar surface area (TPSA) is 65.6 Å². The highest BCUT2D eigenvalue weighted by atomic mass is 19.4. The molecule has 0 saturated carbocycles. The van der Waals surface area contributed by atoms with Crippen molar-refractivity contribution in [2.75, 3.05) is 38.0 Å². The van der Waals surface area contributed by atoms with Crippen LogP contribution in [0, 0.1) is 5.92 Å². The first-order chi connectivity index (χ1) is 16.4. The van der Waals surface area contributed by atoms with Gasteiger partial charge in [-0.1, -0.05) is 30.3 Å². The summed E-state index contributed by atoms with van der Waals surface area (Å²) in [5, 5.41) is 9.64. The highest BCUT2D eigenvalue weighted by molar-refractivity contribution is 5.74. The molecule has 0 radical (unpaired) electrons. The number of nitrogens with one attached hydrogen (secondary N) is 3. The Morgan fingerprint density at radius 2 is 1.85 bits per heavy atom. The van der Waals surface area contributed by atoms with Crippen molar-refractivity contribution in [3.63, 3.8) is 0 Å². The summed E-state index contributed by atoms with van der Waals surface area (Å²) in [6.07, 6.45) is -3.67. The number of carbonyl (C=O) groups excluding carboxylic acids is 1. The quantitative estimate of drug-likeness (QED) is 0.620. The fraction of sp³-hybridized carbons (Fsp3) is 0.480. The average molecular weight is 475 g/mol. The van der Waals surface area contributed by atoms with E-state index >= 15 is 0 Å². The Hall–Kier alpha value is -2.78. The Morgan fingerprint density at radius 1 is 1.09 bits per heavy atom. The zero-order chi connectivity index (χ0) is 23.7. The van der Waals surface area contributed by atoms with Gasteiger partial charge in [0, 0.05) is 49.9 Å². The second-order valence-electron chi connectivity index (χ2n) is 9.18. The van der Waals surface area contributed by atoms with Gasteiger partial charge in [-0.05, 0) is 36.6 Å². The zero-order valence-electron chi connectivity index (χ0n) is 18.8. The van der Waals surface area contributed by atoms with Gasteiger partial charge in [0.15, 0.2) is 0 Å². The first-order valence-corrected chi connectivity index (χ1v) is 11.8. The SMILES string of the molecule is O=C(NC[C@H]1CC[C@@H]2[C@H](O1)c1cc(C(F)(F)F)ccc1N[C@H]2c1ccccc1)N1CCNCC1. The van der Waals surface area contributed by atoms with Crippen LogP contribution in [0.1, 0.15) is 41.7 Å². The summed E-state index contributed by atoms with van der Waals surface area (Å²) < 4.78 is 46.8. The van der Waals surface area contributed by atoms with E-state index in [9.17, 15) is 18.0 Å². The van der Waals surface area contributed by atoms with Gasteiger partial charge in [-0.25, -0.2) is 4.79 Å². The van der Waals surface area contributed by atoms with Crippen LogP contribution in [0.5, 0.6) is 0 Å². The molecule has 6 nitrogen and oxygen atoms in total. The average Bonchev–Trinajstić information content (AvgIpc) is 2.87. The Morgan fingerprint density at radius 3 is 2.59 bits per heavy atom. The van der Waals surface area contributed by atoms with E-state index in [1.54, 1.807) is 4.90 Å². The highest BCUT2D eigenvalue weighted by Crippen LogP contribution is 2.51. The van der Waals surface area contributed by atoms with Crippen LogP contribution < -0.4 is 16.0 Å². The van der Waals surface area contributed by atoms with Crippen LogP contribution in [0.15, 0.2) is 48.5 Å². The molecule has 2 aromatic carbocycles. The Kier molecular flexibility index (Phi) is 6.40. The molecule has 0 aromatic heterocycles. The molecule has 0 unspecified atom stereocenters. The number of anilines is 1. The van der Waals surface area contributed by atoms with Crippen LogP contribution in [0.25, 0.3) is 0 Å². The minimum atomic E-state index is -4.42. The molecule has 2 amide bonds. The first-order valence-electron chi connectivity index (χ1n) is 11.8. The maximum absolute atomic E-state index is 13.5. The van der Waals surface area contributed by atoms with E-state index in [1.165, 1.54) is 12.1 Å². The minimum Gasteiger partial charge on any atom is -0.378 e. The first kappa shape index (κ1) is 23.0. The van der Waals surface area contributed by atoms with Gasteiger partial charge in [-0.15, -0.1) is 0 Å². The maximum atomic E-state index is 13.5. The van der Waals surface area contributed by atoms with Crippen LogP contribution in [-0.4, -0.2) is 49.8 Å². The summed E-state index contributed by atoms with van der Waals surface area (Å²) in [7, 11) is 0. The number of nitrogens with zero attached hydrogens (tertiary/aromatic N) is 1. The van der Waals surface area contributed by atoms with Gasteiger partial charge in [0.25, 0.3) is 0 Å². The summed E-state index contributed by atoms with van der Waals surface area (Å²) in [5.41, 5.74) is 1.60. The lowest BCUT2D eigenvalue weighted by atomic mass is 9.76. The van der Waals surface area contributed by atoms with Crippen molar-refractivity contribution in [2.45, 2.75) is 37.3 Å². The van der Waals surface area contributed by atoms with Crippen molar-refractivity contribution in [2.24, 2.45) is 5.92 Å². The number of ether oxygens (including phenoxy) is 1. The molecular formula is C25H29F3N4O2. The van der Waals surface area contributed by atoms with Gasteiger partial charge >= 0.3 is 12.2 Å². The van der Waals surface area contributed by atoms with Crippen molar-refractivity contribution >= 4 is 11.7 Å². The van der Waals surface area contributed by atoms with Gasteiger partial charge in [-0.3, -0.25) is 0 Å². The predicted molar refractivity (Wildman–Crippen MR) is 122 cm³/mol. The van der Waals surface area contributed by atoms with E-state index in [4.69, 9.17) is 4.74 Å². The number of carbonyl (C=O) groups is 1. The lowest BCUT2D eigenvalue weighted by molar-refractivity contribution is -0.138. The number of alkyl halides is 3. The molecule has 182 valence electrons. The van der Waals surface area contributed by atoms with Crippen molar-refractivity contribution in [1.82, 2.24) is 15.5 Å². The Bertz CT molecular complexity index is 1010. The van der Waals surface area contributed by atoms with E-state index in [1.807, 2.05) is 30.3 Å². The van der Waals surface area contributed by atoms with E-state index in [0.29, 0.717) is 30.9 Å². The number of amides is 2. The fourth-order valence-electron chi connectivity index (χ4n) is 5.25. The lowest BCUT2D eigenvalue weighted by Gasteiger charge is -2.46. The largest absolute Gasteiger partial charge is 0.416 e. The van der Waals surface area contributed by atoms with E-state index in [-0.39, 0.29) is 24.1 Å². The van der Waals surface area contributed by atoms with Crippen molar-refractivity contribution in [1.29, 1.82) is 0 Å². The number of rotatable bonds is 3. The standard InChI is InChI=1S/C25H29F3N4O2/c26-25(27,28)17-6-9-21-20(14-17)23-19(22(31-21)16-4-2-1-3-5-16)8-7-18(34-23)15-30-24(33)32-12-10-29-11-13-32/h1-6,9,14,18-19,22-23,29,31H,7-8,10-13,15H2,(H,30,33)/t18-,19+,22+,23+/m1/s1. The predicted octanol–water partition coefficient (Wildman–Crippen LogP) is 4.32. The molecular weight excluding hydrogens is 445 g/mol. The molecule has 9 heteroatoms. The molecule has 2 fully saturated rings. The highest BCUT2D eigenvalue weighted by Gasteiger charge is 2.43. The van der Waals surface area contributed by atoms with E-state index in [2.05, 4.69) is 16.0 Å². The van der Waals surface area contributed by atoms with Crippen molar-refractivity contribution in [3.8, 4) is 0 Å². The van der Waals surface area contributed by atoms with Gasteiger partial charge < -0.3 is 25.6 Å². The number of hydrogen-bond donors (Lipinski definition) is 3. The number of halogens is 3. The second kappa shape index (κ2) is 9.46. The van der Waals surface area contributed by atoms with E-state index < -0.39 is 17.8 Å². The lowest BCUT2D eigenvalue weighted by Crippen LogP contribution is -2.52. The summed E-state index contributed by atoms with van der Waals surface area (Å²) in [5.74, 6) is -0.0153.